The van der Waals surface area contributed by atoms with E-state index in [0.29, 0.717) is 0 Å². The number of ether oxygens (including phenoxy) is 1. The van der Waals surface area contributed by atoms with E-state index in [-0.39, 0.29) is 12.0 Å². The van der Waals surface area contributed by atoms with E-state index in [1.54, 1.807) is 6.08 Å². The maximum absolute atomic E-state index is 10.9. The fourth-order valence-electron chi connectivity index (χ4n) is 1.63. The van der Waals surface area contributed by atoms with E-state index in [4.69, 9.17) is 10.3 Å². The van der Waals surface area contributed by atoms with Gasteiger partial charge >= 0.3 is 6.09 Å². The lowest BCUT2D eigenvalue weighted by Gasteiger charge is -2.24. The molecule has 0 saturated carbocycles. The summed E-state index contributed by atoms with van der Waals surface area (Å²) in [6.07, 6.45) is 7.28. The predicted octanol–water partition coefficient (Wildman–Crippen LogP) is 3.34. The molecule has 0 saturated heterocycles. The molecule has 0 fully saturated rings. The van der Waals surface area contributed by atoms with Crippen molar-refractivity contribution in [2.45, 2.75) is 25.4 Å². The molecule has 5 heteroatoms. The number of rotatable bonds is 3. The van der Waals surface area contributed by atoms with Crippen LogP contribution in [0.4, 0.5) is 4.79 Å². The Morgan fingerprint density at radius 1 is 1.73 bits per heavy atom. The fraction of sp³-hybridized carbons (Fsp3) is 0.500. The minimum atomic E-state index is -0.892. The second-order valence-corrected chi connectivity index (χ2v) is 3.32. The summed E-state index contributed by atoms with van der Waals surface area (Å²) >= 11 is 0. The van der Waals surface area contributed by atoms with E-state index in [0.717, 1.165) is 19.3 Å². The zero-order valence-electron chi connectivity index (χ0n) is 8.37. The molecule has 15 heavy (non-hydrogen) atoms. The van der Waals surface area contributed by atoms with Crippen LogP contribution in [0.3, 0.4) is 0 Å². The Morgan fingerprint density at radius 3 is 3.07 bits per heavy atom. The highest BCUT2D eigenvalue weighted by Gasteiger charge is 2.22. The van der Waals surface area contributed by atoms with Gasteiger partial charge in [0.05, 0.1) is 0 Å². The minimum absolute atomic E-state index is 0.241. The van der Waals surface area contributed by atoms with Gasteiger partial charge in [-0.25, -0.2) is 4.79 Å². The van der Waals surface area contributed by atoms with E-state index in [1.165, 1.54) is 0 Å². The summed E-state index contributed by atoms with van der Waals surface area (Å²) in [4.78, 5) is 13.3. The van der Waals surface area contributed by atoms with E-state index in [1.807, 2.05) is 0 Å². The quantitative estimate of drug-likeness (QED) is 0.308. The molecule has 1 aliphatic rings. The lowest BCUT2D eigenvalue weighted by molar-refractivity contribution is 0.0935. The third-order valence-electron chi connectivity index (χ3n) is 2.37. The molecule has 0 radical (unpaired) electrons. The van der Waals surface area contributed by atoms with Crippen molar-refractivity contribution >= 4 is 6.09 Å². The van der Waals surface area contributed by atoms with Gasteiger partial charge in [0.25, 0.3) is 0 Å². The van der Waals surface area contributed by atoms with Crippen LogP contribution in [-0.2, 0) is 4.74 Å². The molecule has 80 valence electrons. The standard InChI is InChI=1S/C10H13N3O2/c1-2-9(15-10(14)12-13-11)8-6-4-3-5-7-8/h2-4,8-9H,1,5-7H2/t8?,9-/m0/s1. The molecule has 1 amide bonds. The first-order chi connectivity index (χ1) is 7.27. The highest BCUT2D eigenvalue weighted by atomic mass is 16.6. The molecule has 1 unspecified atom stereocenters. The average molecular weight is 207 g/mol. The highest BCUT2D eigenvalue weighted by Crippen LogP contribution is 2.24. The first-order valence-electron chi connectivity index (χ1n) is 4.81. The zero-order valence-corrected chi connectivity index (χ0v) is 8.37. The summed E-state index contributed by atoms with van der Waals surface area (Å²) in [5, 5.41) is 2.86. The third-order valence-corrected chi connectivity index (χ3v) is 2.37. The van der Waals surface area contributed by atoms with Crippen molar-refractivity contribution in [3.05, 3.63) is 35.2 Å². The summed E-state index contributed by atoms with van der Waals surface area (Å²) in [5.41, 5.74) is 8.05. The summed E-state index contributed by atoms with van der Waals surface area (Å²) in [6.45, 7) is 3.61. The molecule has 0 aromatic rings. The van der Waals surface area contributed by atoms with Crippen LogP contribution in [0, 0.1) is 5.92 Å². The van der Waals surface area contributed by atoms with Gasteiger partial charge in [-0.2, -0.15) is 0 Å². The van der Waals surface area contributed by atoms with Gasteiger partial charge in [-0.15, -0.1) is 0 Å². The maximum Gasteiger partial charge on any atom is 0.397 e. The van der Waals surface area contributed by atoms with Gasteiger partial charge in [0, 0.05) is 15.9 Å². The predicted molar refractivity (Wildman–Crippen MR) is 56.1 cm³/mol. The Balaban J connectivity index is 2.54. The van der Waals surface area contributed by atoms with Crippen molar-refractivity contribution < 1.29 is 9.53 Å². The molecule has 0 aromatic heterocycles. The normalized spacial score (nSPS) is 21.2. The molecule has 1 rings (SSSR count). The number of nitrogens with zero attached hydrogens (tertiary/aromatic N) is 3. The van der Waals surface area contributed by atoms with Gasteiger partial charge in [0.2, 0.25) is 0 Å². The van der Waals surface area contributed by atoms with E-state index >= 15 is 0 Å². The average Bonchev–Trinajstić information content (AvgIpc) is 2.27. The van der Waals surface area contributed by atoms with Crippen molar-refractivity contribution in [3.63, 3.8) is 0 Å². The van der Waals surface area contributed by atoms with Crippen molar-refractivity contribution in [1.29, 1.82) is 0 Å². The van der Waals surface area contributed by atoms with Crippen molar-refractivity contribution in [1.82, 2.24) is 0 Å². The summed E-state index contributed by atoms with van der Waals surface area (Å²) in [5.74, 6) is 0.241. The first kappa shape index (κ1) is 11.3. The molecule has 0 aromatic carbocycles. The van der Waals surface area contributed by atoms with Crippen LogP contribution in [0.15, 0.2) is 29.9 Å². The number of azide groups is 1. The smallest absolute Gasteiger partial charge is 0.397 e. The van der Waals surface area contributed by atoms with E-state index in [2.05, 4.69) is 28.8 Å². The summed E-state index contributed by atoms with van der Waals surface area (Å²) in [7, 11) is 0. The molecular formula is C10H13N3O2. The van der Waals surface area contributed by atoms with Crippen LogP contribution >= 0.6 is 0 Å². The number of hydrogen-bond acceptors (Lipinski definition) is 2. The van der Waals surface area contributed by atoms with Crippen LogP contribution in [0.1, 0.15) is 19.3 Å². The number of allylic oxidation sites excluding steroid dienone is 2. The van der Waals surface area contributed by atoms with E-state index < -0.39 is 6.09 Å². The SMILES string of the molecule is C=C[C@H](OC(=O)N=[N+]=[N-])C1CC=CCC1. The van der Waals surface area contributed by atoms with Crippen LogP contribution in [0.2, 0.25) is 0 Å². The molecule has 0 N–H and O–H groups in total. The molecule has 0 bridgehead atoms. The van der Waals surface area contributed by atoms with Gasteiger partial charge in [-0.3, -0.25) is 0 Å². The number of amides is 1. The Morgan fingerprint density at radius 2 is 2.53 bits per heavy atom. The number of carbonyl (C=O) groups is 1. The van der Waals surface area contributed by atoms with Crippen LogP contribution in [-0.4, -0.2) is 12.2 Å². The Labute approximate surface area is 88.0 Å². The van der Waals surface area contributed by atoms with Gasteiger partial charge in [-0.05, 0) is 24.8 Å². The molecule has 2 atom stereocenters. The third kappa shape index (κ3) is 3.48. The van der Waals surface area contributed by atoms with Gasteiger partial charge < -0.3 is 4.74 Å². The van der Waals surface area contributed by atoms with E-state index in [9.17, 15) is 4.79 Å². The van der Waals surface area contributed by atoms with Crippen LogP contribution < -0.4 is 0 Å². The highest BCUT2D eigenvalue weighted by molar-refractivity contribution is 5.68. The number of carbonyl (C=O) groups excluding carboxylic acids is 1. The topological polar surface area (TPSA) is 75.1 Å². The summed E-state index contributed by atoms with van der Waals surface area (Å²) < 4.78 is 4.97. The van der Waals surface area contributed by atoms with Gasteiger partial charge in [0.15, 0.2) is 0 Å². The first-order valence-corrected chi connectivity index (χ1v) is 4.81. The van der Waals surface area contributed by atoms with Gasteiger partial charge in [0.1, 0.15) is 6.10 Å². The zero-order chi connectivity index (χ0) is 11.1. The molecule has 0 aliphatic heterocycles. The Hall–Kier alpha value is -1.74. The largest absolute Gasteiger partial charge is 0.453 e. The minimum Gasteiger partial charge on any atom is -0.453 e. The molecule has 0 heterocycles. The summed E-state index contributed by atoms with van der Waals surface area (Å²) in [6, 6.07) is 0. The van der Waals surface area contributed by atoms with Crippen molar-refractivity contribution in [2.24, 2.45) is 11.0 Å². The molecule has 0 spiro atoms. The Kier molecular flexibility index (Phi) is 4.44. The second-order valence-electron chi connectivity index (χ2n) is 3.32. The second kappa shape index (κ2) is 5.88. The molecule has 5 nitrogen and oxygen atoms in total. The molecule has 1 aliphatic carbocycles. The Bertz CT molecular complexity index is 319. The van der Waals surface area contributed by atoms with Crippen LogP contribution in [0.25, 0.3) is 10.4 Å². The molecular weight excluding hydrogens is 194 g/mol. The van der Waals surface area contributed by atoms with Gasteiger partial charge in [-0.1, -0.05) is 24.8 Å². The van der Waals surface area contributed by atoms with Crippen LogP contribution in [0.5, 0.6) is 0 Å². The fourth-order valence-corrected chi connectivity index (χ4v) is 1.63. The lowest BCUT2D eigenvalue weighted by Crippen LogP contribution is -2.24. The van der Waals surface area contributed by atoms with Crippen molar-refractivity contribution in [3.8, 4) is 0 Å². The maximum atomic E-state index is 10.9. The van der Waals surface area contributed by atoms with Crippen molar-refractivity contribution in [2.75, 3.05) is 0 Å². The number of hydrogen-bond donors (Lipinski definition) is 0. The lowest BCUT2D eigenvalue weighted by atomic mass is 9.89. The monoisotopic (exact) mass is 207 g/mol.